The number of hydrogen-bond donors (Lipinski definition) is 0. The van der Waals surface area contributed by atoms with Crippen LogP contribution < -0.4 is 9.79 Å². The summed E-state index contributed by atoms with van der Waals surface area (Å²) in [5.74, 6) is -0.851. The molecular weight excluding hydrogens is 286 g/mol. The van der Waals surface area contributed by atoms with Crippen molar-refractivity contribution in [2.24, 2.45) is 0 Å². The van der Waals surface area contributed by atoms with Crippen LogP contribution in [0.5, 0.6) is 0 Å². The molecule has 8 heteroatoms. The Morgan fingerprint density at radius 1 is 1.23 bits per heavy atom. The fraction of sp³-hybridized carbons (Fsp3) is 0.286. The van der Waals surface area contributed by atoms with Gasteiger partial charge in [-0.3, -0.25) is 4.79 Å². The summed E-state index contributed by atoms with van der Waals surface area (Å²) in [6.45, 7) is 0.236. The zero-order valence-corrected chi connectivity index (χ0v) is 12.3. The highest BCUT2D eigenvalue weighted by Crippen LogP contribution is 2.11. The molecule has 0 radical (unpaired) electrons. The molecule has 2 aromatic rings. The molecule has 0 aliphatic carbocycles. The van der Waals surface area contributed by atoms with Crippen molar-refractivity contribution in [2.45, 2.75) is 13.0 Å². The number of rotatable bonds is 5. The Kier molecular flexibility index (Phi) is 4.72. The van der Waals surface area contributed by atoms with Crippen LogP contribution in [0.25, 0.3) is 11.4 Å². The topological polar surface area (TPSA) is 103 Å². The Morgan fingerprint density at radius 2 is 1.91 bits per heavy atom. The SMILES string of the molecule is CN(C)C(=O)c1cnc(-c2cc[n+](CCC(=O)[O-])nc2)nc1. The maximum absolute atomic E-state index is 11.7. The van der Waals surface area contributed by atoms with Gasteiger partial charge in [-0.2, -0.15) is 0 Å². The van der Waals surface area contributed by atoms with E-state index in [4.69, 9.17) is 0 Å². The predicted octanol–water partition coefficient (Wildman–Crippen LogP) is -1.33. The summed E-state index contributed by atoms with van der Waals surface area (Å²) < 4.78 is 1.49. The van der Waals surface area contributed by atoms with Crippen molar-refractivity contribution < 1.29 is 19.4 Å². The maximum Gasteiger partial charge on any atom is 0.256 e. The first-order valence-corrected chi connectivity index (χ1v) is 6.57. The number of carbonyl (C=O) groups is 2. The van der Waals surface area contributed by atoms with Gasteiger partial charge in [0.15, 0.2) is 18.6 Å². The van der Waals surface area contributed by atoms with E-state index in [9.17, 15) is 14.7 Å². The molecule has 2 rings (SSSR count). The van der Waals surface area contributed by atoms with Crippen LogP contribution in [0.2, 0.25) is 0 Å². The van der Waals surface area contributed by atoms with E-state index in [1.54, 1.807) is 26.4 Å². The van der Waals surface area contributed by atoms with Crippen LogP contribution in [0, 0.1) is 0 Å². The first-order valence-electron chi connectivity index (χ1n) is 6.57. The summed E-state index contributed by atoms with van der Waals surface area (Å²) in [4.78, 5) is 31.9. The molecule has 8 nitrogen and oxygen atoms in total. The molecule has 0 aromatic carbocycles. The van der Waals surface area contributed by atoms with E-state index >= 15 is 0 Å². The molecule has 114 valence electrons. The van der Waals surface area contributed by atoms with Gasteiger partial charge in [-0.05, 0) is 5.10 Å². The van der Waals surface area contributed by atoms with Crippen molar-refractivity contribution in [3.05, 3.63) is 36.4 Å². The van der Waals surface area contributed by atoms with Gasteiger partial charge in [0.05, 0.1) is 5.56 Å². The van der Waals surface area contributed by atoms with E-state index in [1.165, 1.54) is 28.2 Å². The molecule has 2 heterocycles. The molecule has 0 saturated heterocycles. The van der Waals surface area contributed by atoms with Crippen molar-refractivity contribution in [1.29, 1.82) is 0 Å². The number of carbonyl (C=O) groups excluding carboxylic acids is 2. The minimum atomic E-state index is -1.12. The lowest BCUT2D eigenvalue weighted by atomic mass is 10.2. The quantitative estimate of drug-likeness (QED) is 0.634. The van der Waals surface area contributed by atoms with Gasteiger partial charge in [-0.1, -0.05) is 4.68 Å². The smallest absolute Gasteiger partial charge is 0.256 e. The zero-order chi connectivity index (χ0) is 16.1. The average Bonchev–Trinajstić information content (AvgIpc) is 2.53. The average molecular weight is 301 g/mol. The van der Waals surface area contributed by atoms with Crippen LogP contribution in [0.4, 0.5) is 0 Å². The Hall–Kier alpha value is -2.90. The summed E-state index contributed by atoms with van der Waals surface area (Å²) in [5, 5.41) is 14.5. The van der Waals surface area contributed by atoms with Gasteiger partial charge in [-0.15, -0.1) is 0 Å². The predicted molar refractivity (Wildman–Crippen MR) is 73.1 cm³/mol. The van der Waals surface area contributed by atoms with Crippen molar-refractivity contribution in [2.75, 3.05) is 14.1 Å². The minimum absolute atomic E-state index is 0.102. The van der Waals surface area contributed by atoms with E-state index < -0.39 is 5.97 Å². The lowest BCUT2D eigenvalue weighted by Gasteiger charge is -2.09. The molecule has 1 amide bonds. The lowest BCUT2D eigenvalue weighted by molar-refractivity contribution is -0.753. The van der Waals surface area contributed by atoms with Crippen LogP contribution in [0.15, 0.2) is 30.9 Å². The lowest BCUT2D eigenvalue weighted by Crippen LogP contribution is -2.40. The molecule has 0 atom stereocenters. The second-order valence-corrected chi connectivity index (χ2v) is 4.80. The van der Waals surface area contributed by atoms with E-state index in [1.807, 2.05) is 0 Å². The standard InChI is InChI=1S/C14H15N5O3/c1-18(2)14(22)11-7-15-13(16-8-11)10-3-5-19(17-9-10)6-4-12(20)21/h3,5,7-9H,4,6H2,1-2H3. The third-order valence-electron chi connectivity index (χ3n) is 2.88. The normalized spacial score (nSPS) is 10.3. The molecule has 2 aromatic heterocycles. The second kappa shape index (κ2) is 6.70. The third kappa shape index (κ3) is 3.81. The number of amides is 1. The Labute approximate surface area is 127 Å². The second-order valence-electron chi connectivity index (χ2n) is 4.80. The van der Waals surface area contributed by atoms with Crippen LogP contribution in [-0.2, 0) is 11.3 Å². The van der Waals surface area contributed by atoms with E-state index in [0.29, 0.717) is 17.0 Å². The summed E-state index contributed by atoms with van der Waals surface area (Å²) in [7, 11) is 3.31. The fourth-order valence-electron chi connectivity index (χ4n) is 1.70. The van der Waals surface area contributed by atoms with Gasteiger partial charge in [0.2, 0.25) is 0 Å². The molecule has 0 saturated carbocycles. The molecule has 0 aliphatic heterocycles. The van der Waals surface area contributed by atoms with Crippen molar-refractivity contribution in [3.8, 4) is 11.4 Å². The Balaban J connectivity index is 2.11. The molecule has 0 bridgehead atoms. The van der Waals surface area contributed by atoms with Gasteiger partial charge in [0.25, 0.3) is 5.91 Å². The van der Waals surface area contributed by atoms with Gasteiger partial charge >= 0.3 is 0 Å². The summed E-state index contributed by atoms with van der Waals surface area (Å²) in [6.07, 6.45) is 6.00. The minimum Gasteiger partial charge on any atom is -0.550 e. The Bertz CT molecular complexity index is 668. The molecule has 0 fully saturated rings. The first-order chi connectivity index (χ1) is 10.5. The van der Waals surface area contributed by atoms with Crippen LogP contribution in [0.3, 0.4) is 0 Å². The highest BCUT2D eigenvalue weighted by molar-refractivity contribution is 5.93. The van der Waals surface area contributed by atoms with Crippen molar-refractivity contribution >= 4 is 11.9 Å². The number of aromatic nitrogens is 4. The molecule has 0 aliphatic rings. The van der Waals surface area contributed by atoms with E-state index in [2.05, 4.69) is 15.1 Å². The van der Waals surface area contributed by atoms with E-state index in [0.717, 1.165) is 0 Å². The highest BCUT2D eigenvalue weighted by Gasteiger charge is 2.11. The number of hydrogen-bond acceptors (Lipinski definition) is 6. The van der Waals surface area contributed by atoms with Gasteiger partial charge in [0, 0.05) is 50.5 Å². The largest absolute Gasteiger partial charge is 0.550 e. The van der Waals surface area contributed by atoms with Crippen LogP contribution in [-0.4, -0.2) is 45.9 Å². The number of carboxylic acid groups (broad SMARTS) is 1. The monoisotopic (exact) mass is 301 g/mol. The first kappa shape index (κ1) is 15.5. The van der Waals surface area contributed by atoms with Gasteiger partial charge in [-0.25, -0.2) is 9.97 Å². The molecule has 0 N–H and O–H groups in total. The third-order valence-corrected chi connectivity index (χ3v) is 2.88. The highest BCUT2D eigenvalue weighted by atomic mass is 16.4. The summed E-state index contributed by atoms with van der Waals surface area (Å²) in [5.41, 5.74) is 1.08. The van der Waals surface area contributed by atoms with Gasteiger partial charge < -0.3 is 14.8 Å². The zero-order valence-electron chi connectivity index (χ0n) is 12.3. The molecular formula is C14H15N5O3. The molecule has 22 heavy (non-hydrogen) atoms. The van der Waals surface area contributed by atoms with Gasteiger partial charge in [0.1, 0.15) is 6.20 Å². The van der Waals surface area contributed by atoms with E-state index in [-0.39, 0.29) is 18.9 Å². The van der Waals surface area contributed by atoms with Crippen molar-refractivity contribution in [1.82, 2.24) is 20.0 Å². The Morgan fingerprint density at radius 3 is 2.41 bits per heavy atom. The van der Waals surface area contributed by atoms with Crippen LogP contribution in [0.1, 0.15) is 16.8 Å². The summed E-state index contributed by atoms with van der Waals surface area (Å²) in [6, 6.07) is 1.73. The van der Waals surface area contributed by atoms with Crippen LogP contribution >= 0.6 is 0 Å². The molecule has 0 spiro atoms. The number of aryl methyl sites for hydroxylation is 1. The molecule has 0 unspecified atom stereocenters. The summed E-state index contributed by atoms with van der Waals surface area (Å²) >= 11 is 0. The number of nitrogens with zero attached hydrogens (tertiary/aromatic N) is 5. The number of aliphatic carboxylic acids is 1. The fourth-order valence-corrected chi connectivity index (χ4v) is 1.70. The number of carboxylic acids is 1. The van der Waals surface area contributed by atoms with Crippen molar-refractivity contribution in [3.63, 3.8) is 0 Å². The maximum atomic E-state index is 11.7.